The number of hydrogen-bond acceptors (Lipinski definition) is 6. The lowest BCUT2D eigenvalue weighted by atomic mass is 10.1. The van der Waals surface area contributed by atoms with Gasteiger partial charge in [0.1, 0.15) is 6.54 Å². The number of hydrogen-bond donors (Lipinski definition) is 2. The van der Waals surface area contributed by atoms with Crippen molar-refractivity contribution < 1.29 is 19.1 Å². The van der Waals surface area contributed by atoms with Gasteiger partial charge in [-0.1, -0.05) is 29.0 Å². The van der Waals surface area contributed by atoms with Crippen LogP contribution in [0.3, 0.4) is 0 Å². The lowest BCUT2D eigenvalue weighted by Crippen LogP contribution is -2.28. The molecule has 2 amide bonds. The Balaban J connectivity index is 1.36. The largest absolute Gasteiger partial charge is 0.454 e. The van der Waals surface area contributed by atoms with E-state index in [-0.39, 0.29) is 30.8 Å². The summed E-state index contributed by atoms with van der Waals surface area (Å²) in [5.41, 5.74) is 4.38. The van der Waals surface area contributed by atoms with E-state index in [1.54, 1.807) is 6.92 Å². The molecule has 0 saturated heterocycles. The number of carbonyl (C=O) groups excluding carboxylic acids is 2. The molecule has 0 bridgehead atoms. The van der Waals surface area contributed by atoms with Gasteiger partial charge < -0.3 is 20.1 Å². The van der Waals surface area contributed by atoms with Gasteiger partial charge in [0, 0.05) is 12.2 Å². The zero-order valence-corrected chi connectivity index (χ0v) is 17.6. The fourth-order valence-electron chi connectivity index (χ4n) is 3.30. The summed E-state index contributed by atoms with van der Waals surface area (Å²) in [5.74, 6) is 0.752. The van der Waals surface area contributed by atoms with E-state index < -0.39 is 0 Å². The maximum atomic E-state index is 12.6. The zero-order chi connectivity index (χ0) is 22.0. The average Bonchev–Trinajstić information content (AvgIpc) is 3.35. The minimum atomic E-state index is -0.364. The van der Waals surface area contributed by atoms with Crippen LogP contribution in [-0.4, -0.2) is 33.6 Å². The normalized spacial score (nSPS) is 12.0. The standard InChI is InChI=1S/C22H23N5O4/c1-13-4-6-17(14(2)8-13)24-22(29)21-15(3)27(26-25-21)11-20(28)23-10-16-5-7-18-19(9-16)31-12-30-18/h4-9H,10-12H2,1-3H3,(H,23,28)(H,24,29). The number of amides is 2. The molecule has 1 aliphatic heterocycles. The van der Waals surface area contributed by atoms with E-state index in [4.69, 9.17) is 9.47 Å². The van der Waals surface area contributed by atoms with Crippen LogP contribution in [0.15, 0.2) is 36.4 Å². The van der Waals surface area contributed by atoms with Crippen molar-refractivity contribution in [2.75, 3.05) is 12.1 Å². The summed E-state index contributed by atoms with van der Waals surface area (Å²) in [6.07, 6.45) is 0. The summed E-state index contributed by atoms with van der Waals surface area (Å²) in [6, 6.07) is 11.3. The number of nitrogens with one attached hydrogen (secondary N) is 2. The summed E-state index contributed by atoms with van der Waals surface area (Å²) in [6.45, 7) is 6.13. The van der Waals surface area contributed by atoms with Gasteiger partial charge in [0.25, 0.3) is 5.91 Å². The van der Waals surface area contributed by atoms with E-state index >= 15 is 0 Å². The number of nitrogens with zero attached hydrogens (tertiary/aromatic N) is 3. The molecular formula is C22H23N5O4. The van der Waals surface area contributed by atoms with E-state index in [1.807, 2.05) is 50.2 Å². The number of anilines is 1. The molecule has 9 nitrogen and oxygen atoms in total. The number of aryl methyl sites for hydroxylation is 2. The quantitative estimate of drug-likeness (QED) is 0.633. The lowest BCUT2D eigenvalue weighted by Gasteiger charge is -2.09. The topological polar surface area (TPSA) is 107 Å². The van der Waals surface area contributed by atoms with E-state index in [2.05, 4.69) is 20.9 Å². The molecule has 160 valence electrons. The summed E-state index contributed by atoms with van der Waals surface area (Å²) in [5, 5.41) is 13.6. The van der Waals surface area contributed by atoms with Gasteiger partial charge in [0.2, 0.25) is 12.7 Å². The Morgan fingerprint density at radius 3 is 2.68 bits per heavy atom. The van der Waals surface area contributed by atoms with Crippen LogP contribution in [0.2, 0.25) is 0 Å². The molecule has 0 spiro atoms. The molecule has 2 heterocycles. The van der Waals surface area contributed by atoms with Crippen LogP contribution in [0.1, 0.15) is 32.9 Å². The number of benzene rings is 2. The molecule has 0 unspecified atom stereocenters. The molecular weight excluding hydrogens is 398 g/mol. The molecule has 0 fully saturated rings. The summed E-state index contributed by atoms with van der Waals surface area (Å²) in [7, 11) is 0. The molecule has 1 aliphatic rings. The first-order valence-corrected chi connectivity index (χ1v) is 9.84. The lowest BCUT2D eigenvalue weighted by molar-refractivity contribution is -0.122. The Labute approximate surface area is 179 Å². The van der Waals surface area contributed by atoms with Gasteiger partial charge in [0.05, 0.1) is 5.69 Å². The second kappa shape index (κ2) is 8.47. The molecule has 2 N–H and O–H groups in total. The Hall–Kier alpha value is -3.88. The number of ether oxygens (including phenoxy) is 2. The Bertz CT molecular complexity index is 1150. The highest BCUT2D eigenvalue weighted by Gasteiger charge is 2.19. The van der Waals surface area contributed by atoms with Crippen molar-refractivity contribution >= 4 is 17.5 Å². The van der Waals surface area contributed by atoms with Crippen molar-refractivity contribution in [3.05, 3.63) is 64.5 Å². The van der Waals surface area contributed by atoms with Gasteiger partial charge in [-0.25, -0.2) is 4.68 Å². The van der Waals surface area contributed by atoms with Crippen molar-refractivity contribution in [2.24, 2.45) is 0 Å². The molecule has 0 atom stereocenters. The third-order valence-corrected chi connectivity index (χ3v) is 5.05. The van der Waals surface area contributed by atoms with Crippen LogP contribution < -0.4 is 20.1 Å². The van der Waals surface area contributed by atoms with Gasteiger partial charge in [-0.2, -0.15) is 0 Å². The Morgan fingerprint density at radius 1 is 1.06 bits per heavy atom. The average molecular weight is 421 g/mol. The first kappa shape index (κ1) is 20.4. The Morgan fingerprint density at radius 2 is 1.87 bits per heavy atom. The highest BCUT2D eigenvalue weighted by Crippen LogP contribution is 2.32. The van der Waals surface area contributed by atoms with E-state index in [0.29, 0.717) is 29.4 Å². The smallest absolute Gasteiger partial charge is 0.278 e. The van der Waals surface area contributed by atoms with Gasteiger partial charge in [-0.3, -0.25) is 9.59 Å². The summed E-state index contributed by atoms with van der Waals surface area (Å²) in [4.78, 5) is 25.0. The minimum Gasteiger partial charge on any atom is -0.454 e. The monoisotopic (exact) mass is 421 g/mol. The van der Waals surface area contributed by atoms with Crippen LogP contribution >= 0.6 is 0 Å². The predicted molar refractivity (Wildman–Crippen MR) is 113 cm³/mol. The Kier molecular flexibility index (Phi) is 5.57. The SMILES string of the molecule is Cc1ccc(NC(=O)c2nnn(CC(=O)NCc3ccc4c(c3)OCO4)c2C)c(C)c1. The van der Waals surface area contributed by atoms with Crippen LogP contribution in [0.5, 0.6) is 11.5 Å². The molecule has 0 saturated carbocycles. The fraction of sp³-hybridized carbons (Fsp3) is 0.273. The molecule has 1 aromatic heterocycles. The fourth-order valence-corrected chi connectivity index (χ4v) is 3.30. The zero-order valence-electron chi connectivity index (χ0n) is 17.6. The van der Waals surface area contributed by atoms with Crippen LogP contribution in [-0.2, 0) is 17.9 Å². The summed E-state index contributed by atoms with van der Waals surface area (Å²) < 4.78 is 12.0. The maximum Gasteiger partial charge on any atom is 0.278 e. The minimum absolute atomic E-state index is 0.0414. The molecule has 3 aromatic rings. The van der Waals surface area contributed by atoms with Crippen molar-refractivity contribution in [1.82, 2.24) is 20.3 Å². The van der Waals surface area contributed by atoms with Gasteiger partial charge in [-0.15, -0.1) is 5.10 Å². The molecule has 9 heteroatoms. The number of carbonyl (C=O) groups is 2. The second-order valence-electron chi connectivity index (χ2n) is 7.42. The summed E-state index contributed by atoms with van der Waals surface area (Å²) >= 11 is 0. The van der Waals surface area contributed by atoms with Gasteiger partial charge in [-0.05, 0) is 50.1 Å². The third kappa shape index (κ3) is 4.50. The molecule has 2 aromatic carbocycles. The molecule has 31 heavy (non-hydrogen) atoms. The van der Waals surface area contributed by atoms with Crippen molar-refractivity contribution in [1.29, 1.82) is 0 Å². The van der Waals surface area contributed by atoms with E-state index in [0.717, 1.165) is 16.7 Å². The van der Waals surface area contributed by atoms with Gasteiger partial charge >= 0.3 is 0 Å². The molecule has 0 radical (unpaired) electrons. The van der Waals surface area contributed by atoms with Crippen LogP contribution in [0, 0.1) is 20.8 Å². The second-order valence-corrected chi connectivity index (χ2v) is 7.42. The van der Waals surface area contributed by atoms with Gasteiger partial charge in [0.15, 0.2) is 17.2 Å². The third-order valence-electron chi connectivity index (χ3n) is 5.05. The first-order valence-electron chi connectivity index (χ1n) is 9.84. The predicted octanol–water partition coefficient (Wildman–Crippen LogP) is 2.50. The number of aromatic nitrogens is 3. The highest BCUT2D eigenvalue weighted by atomic mass is 16.7. The maximum absolute atomic E-state index is 12.6. The number of rotatable bonds is 6. The van der Waals surface area contributed by atoms with E-state index in [9.17, 15) is 9.59 Å². The highest BCUT2D eigenvalue weighted by molar-refractivity contribution is 6.04. The van der Waals surface area contributed by atoms with Crippen LogP contribution in [0.25, 0.3) is 0 Å². The van der Waals surface area contributed by atoms with Crippen molar-refractivity contribution in [3.63, 3.8) is 0 Å². The van der Waals surface area contributed by atoms with Crippen LogP contribution in [0.4, 0.5) is 5.69 Å². The van der Waals surface area contributed by atoms with Crippen molar-refractivity contribution in [3.8, 4) is 11.5 Å². The molecule has 0 aliphatic carbocycles. The molecule has 4 rings (SSSR count). The first-order chi connectivity index (χ1) is 14.9. The van der Waals surface area contributed by atoms with E-state index in [1.165, 1.54) is 4.68 Å². The van der Waals surface area contributed by atoms with Crippen molar-refractivity contribution in [2.45, 2.75) is 33.9 Å². The number of fused-ring (bicyclic) bond motifs is 1.